The normalized spacial score (nSPS) is 28.8. The molecule has 3 aliphatic heterocycles. The van der Waals surface area contributed by atoms with E-state index >= 15 is 0 Å². The Morgan fingerprint density at radius 2 is 2.09 bits per heavy atom. The van der Waals surface area contributed by atoms with Crippen LogP contribution in [0.3, 0.4) is 0 Å². The van der Waals surface area contributed by atoms with Crippen molar-refractivity contribution in [3.8, 4) is 11.5 Å². The summed E-state index contributed by atoms with van der Waals surface area (Å²) in [4.78, 5) is 5.41. The van der Waals surface area contributed by atoms with Crippen LogP contribution in [0, 0.1) is 5.92 Å². The highest BCUT2D eigenvalue weighted by molar-refractivity contribution is 5.44. The Bertz CT molecular complexity index is 562. The summed E-state index contributed by atoms with van der Waals surface area (Å²) >= 11 is 0. The number of ether oxygens (including phenoxy) is 2. The molecule has 4 nitrogen and oxygen atoms in total. The molecule has 0 bridgehead atoms. The largest absolute Gasteiger partial charge is 0.454 e. The third-order valence-corrected chi connectivity index (χ3v) is 5.63. The third kappa shape index (κ3) is 3.20. The Labute approximate surface area is 139 Å². The molecule has 4 heteroatoms. The van der Waals surface area contributed by atoms with E-state index in [1.165, 1.54) is 44.6 Å². The second-order valence-corrected chi connectivity index (χ2v) is 7.59. The smallest absolute Gasteiger partial charge is 0.231 e. The molecular formula is C19H28N2O2. The molecule has 23 heavy (non-hydrogen) atoms. The van der Waals surface area contributed by atoms with Crippen LogP contribution < -0.4 is 9.47 Å². The van der Waals surface area contributed by atoms with Crippen LogP contribution in [0.15, 0.2) is 18.2 Å². The highest BCUT2D eigenvalue weighted by atomic mass is 16.7. The lowest BCUT2D eigenvalue weighted by Gasteiger charge is -2.43. The number of nitrogens with zero attached hydrogens (tertiary/aromatic N) is 2. The molecule has 0 radical (unpaired) electrons. The van der Waals surface area contributed by atoms with Crippen LogP contribution in [-0.2, 0) is 6.42 Å². The van der Waals surface area contributed by atoms with Crippen LogP contribution in [-0.4, -0.2) is 54.9 Å². The number of piperazine rings is 1. The van der Waals surface area contributed by atoms with Gasteiger partial charge in [0.1, 0.15) is 0 Å². The van der Waals surface area contributed by atoms with E-state index in [4.69, 9.17) is 9.47 Å². The maximum absolute atomic E-state index is 5.50. The first-order valence-corrected chi connectivity index (χ1v) is 9.05. The van der Waals surface area contributed by atoms with Crippen molar-refractivity contribution in [2.24, 2.45) is 5.92 Å². The van der Waals surface area contributed by atoms with Crippen LogP contribution in [0.25, 0.3) is 0 Å². The molecule has 0 saturated carbocycles. The van der Waals surface area contributed by atoms with Crippen LogP contribution in [0.1, 0.15) is 32.3 Å². The number of rotatable bonds is 4. The SMILES string of the molecule is CC(Cc1ccc2c(c1)OCO2)CN1CC2CCCN2C[C@@H]1C. The van der Waals surface area contributed by atoms with Gasteiger partial charge in [-0.3, -0.25) is 9.80 Å². The van der Waals surface area contributed by atoms with Gasteiger partial charge in [0.2, 0.25) is 6.79 Å². The third-order valence-electron chi connectivity index (χ3n) is 5.63. The van der Waals surface area contributed by atoms with Gasteiger partial charge in [0.15, 0.2) is 11.5 Å². The molecule has 0 spiro atoms. The van der Waals surface area contributed by atoms with E-state index in [0.29, 0.717) is 18.8 Å². The van der Waals surface area contributed by atoms with Gasteiger partial charge in [-0.25, -0.2) is 0 Å². The van der Waals surface area contributed by atoms with Crippen molar-refractivity contribution in [1.82, 2.24) is 9.80 Å². The van der Waals surface area contributed by atoms with Gasteiger partial charge in [-0.2, -0.15) is 0 Å². The average molecular weight is 316 g/mol. The van der Waals surface area contributed by atoms with E-state index in [2.05, 4.69) is 35.8 Å². The fourth-order valence-electron chi connectivity index (χ4n) is 4.44. The molecular weight excluding hydrogens is 288 g/mol. The Balaban J connectivity index is 1.35. The lowest BCUT2D eigenvalue weighted by molar-refractivity contribution is 0.0499. The fourth-order valence-corrected chi connectivity index (χ4v) is 4.44. The highest BCUT2D eigenvalue weighted by Gasteiger charge is 2.34. The van der Waals surface area contributed by atoms with E-state index in [9.17, 15) is 0 Å². The van der Waals surface area contributed by atoms with Gasteiger partial charge >= 0.3 is 0 Å². The quantitative estimate of drug-likeness (QED) is 0.853. The van der Waals surface area contributed by atoms with Crippen LogP contribution >= 0.6 is 0 Å². The minimum atomic E-state index is 0.359. The molecule has 3 aliphatic rings. The van der Waals surface area contributed by atoms with Gasteiger partial charge in [-0.05, 0) is 56.3 Å². The first kappa shape index (κ1) is 15.3. The Morgan fingerprint density at radius 3 is 3.00 bits per heavy atom. The molecule has 2 unspecified atom stereocenters. The van der Waals surface area contributed by atoms with Crippen LogP contribution in [0.2, 0.25) is 0 Å². The summed E-state index contributed by atoms with van der Waals surface area (Å²) in [6, 6.07) is 7.87. The maximum Gasteiger partial charge on any atom is 0.231 e. The van der Waals surface area contributed by atoms with Gasteiger partial charge in [0.25, 0.3) is 0 Å². The van der Waals surface area contributed by atoms with Crippen LogP contribution in [0.5, 0.6) is 11.5 Å². The minimum Gasteiger partial charge on any atom is -0.454 e. The summed E-state index contributed by atoms with van der Waals surface area (Å²) in [7, 11) is 0. The van der Waals surface area contributed by atoms with Crippen molar-refractivity contribution in [1.29, 1.82) is 0 Å². The van der Waals surface area contributed by atoms with E-state index in [1.54, 1.807) is 0 Å². The van der Waals surface area contributed by atoms with Crippen molar-refractivity contribution in [3.05, 3.63) is 23.8 Å². The molecule has 1 aromatic carbocycles. The second kappa shape index (κ2) is 6.33. The van der Waals surface area contributed by atoms with Crippen molar-refractivity contribution in [3.63, 3.8) is 0 Å². The van der Waals surface area contributed by atoms with Gasteiger partial charge in [0, 0.05) is 31.7 Å². The molecule has 0 aliphatic carbocycles. The van der Waals surface area contributed by atoms with Crippen molar-refractivity contribution < 1.29 is 9.47 Å². The number of hydrogen-bond donors (Lipinski definition) is 0. The summed E-state index contributed by atoms with van der Waals surface area (Å²) in [5, 5.41) is 0. The Hall–Kier alpha value is -1.26. The molecule has 0 aromatic heterocycles. The summed E-state index contributed by atoms with van der Waals surface area (Å²) < 4.78 is 10.9. The van der Waals surface area contributed by atoms with Crippen LogP contribution in [0.4, 0.5) is 0 Å². The number of benzene rings is 1. The zero-order valence-electron chi connectivity index (χ0n) is 14.3. The standard InChI is InChI=1S/C19H28N2O2/c1-14(8-16-5-6-18-19(9-16)23-13-22-18)10-21-12-17-4-3-7-20(17)11-15(21)2/h5-6,9,14-15,17H,3-4,7-8,10-13H2,1-2H3/t14?,15-,17?/m0/s1. The second-order valence-electron chi connectivity index (χ2n) is 7.59. The van der Waals surface area contributed by atoms with E-state index in [0.717, 1.165) is 24.0 Å². The topological polar surface area (TPSA) is 24.9 Å². The Kier molecular flexibility index (Phi) is 4.20. The first-order chi connectivity index (χ1) is 11.2. The molecule has 2 saturated heterocycles. The van der Waals surface area contributed by atoms with Gasteiger partial charge in [-0.1, -0.05) is 13.0 Å². The lowest BCUT2D eigenvalue weighted by atomic mass is 9.98. The lowest BCUT2D eigenvalue weighted by Crippen LogP contribution is -2.55. The van der Waals surface area contributed by atoms with Gasteiger partial charge in [-0.15, -0.1) is 0 Å². The summed E-state index contributed by atoms with van der Waals surface area (Å²) in [6.07, 6.45) is 3.88. The zero-order valence-corrected chi connectivity index (χ0v) is 14.3. The monoisotopic (exact) mass is 316 g/mol. The van der Waals surface area contributed by atoms with E-state index in [-0.39, 0.29) is 0 Å². The molecule has 3 heterocycles. The zero-order chi connectivity index (χ0) is 15.8. The summed E-state index contributed by atoms with van der Waals surface area (Å²) in [5.41, 5.74) is 1.36. The fraction of sp³-hybridized carbons (Fsp3) is 0.684. The first-order valence-electron chi connectivity index (χ1n) is 9.05. The molecule has 3 atom stereocenters. The molecule has 2 fully saturated rings. The van der Waals surface area contributed by atoms with Gasteiger partial charge in [0.05, 0.1) is 0 Å². The summed E-state index contributed by atoms with van der Waals surface area (Å²) in [5.74, 6) is 2.45. The van der Waals surface area contributed by atoms with Crippen molar-refractivity contribution >= 4 is 0 Å². The molecule has 1 aromatic rings. The molecule has 4 rings (SSSR count). The van der Waals surface area contributed by atoms with E-state index in [1.807, 2.05) is 6.07 Å². The summed E-state index contributed by atoms with van der Waals surface area (Å²) in [6.45, 7) is 10.1. The molecule has 0 N–H and O–H groups in total. The average Bonchev–Trinajstić information content (AvgIpc) is 3.15. The molecule has 126 valence electrons. The predicted molar refractivity (Wildman–Crippen MR) is 91.1 cm³/mol. The molecule has 0 amide bonds. The van der Waals surface area contributed by atoms with Gasteiger partial charge < -0.3 is 9.47 Å². The van der Waals surface area contributed by atoms with E-state index < -0.39 is 0 Å². The predicted octanol–water partition coefficient (Wildman–Crippen LogP) is 2.76. The van der Waals surface area contributed by atoms with Crippen molar-refractivity contribution in [2.45, 2.75) is 45.2 Å². The number of fused-ring (bicyclic) bond motifs is 2. The minimum absolute atomic E-state index is 0.359. The maximum atomic E-state index is 5.50. The number of hydrogen-bond acceptors (Lipinski definition) is 4. The van der Waals surface area contributed by atoms with Crippen molar-refractivity contribution in [2.75, 3.05) is 33.0 Å². The highest BCUT2D eigenvalue weighted by Crippen LogP contribution is 2.33. The Morgan fingerprint density at radius 1 is 1.22 bits per heavy atom.